The van der Waals surface area contributed by atoms with Gasteiger partial charge < -0.3 is 9.96 Å². The molecule has 0 amide bonds. The molecule has 68 valence electrons. The Kier molecular flexibility index (Phi) is 3.52. The van der Waals surface area contributed by atoms with Crippen molar-refractivity contribution in [2.24, 2.45) is 0 Å². The lowest BCUT2D eigenvalue weighted by Gasteiger charge is -2.45. The third-order valence-corrected chi connectivity index (χ3v) is 3.52. The molecule has 2 heteroatoms. The van der Waals surface area contributed by atoms with Gasteiger partial charge in [0.05, 0.1) is 26.2 Å². The standard InChI is InChI=1S/C9H20N.H2O/c1-8-6-5-7-9(2)10(8,3)4;/h8-9H,5-7H2,1-4H3;1H2/q+1;/p-1. The summed E-state index contributed by atoms with van der Waals surface area (Å²) in [7, 11) is 4.71. The first-order chi connectivity index (χ1) is 4.55. The Bertz CT molecular complexity index is 111. The van der Waals surface area contributed by atoms with Gasteiger partial charge in [-0.15, -0.1) is 0 Å². The summed E-state index contributed by atoms with van der Waals surface area (Å²) in [6.07, 6.45) is 4.26. The minimum absolute atomic E-state index is 0. The van der Waals surface area contributed by atoms with Crippen LogP contribution in [0.1, 0.15) is 33.1 Å². The lowest BCUT2D eigenvalue weighted by Crippen LogP contribution is -2.55. The minimum atomic E-state index is 0. The van der Waals surface area contributed by atoms with Crippen molar-refractivity contribution in [3.8, 4) is 0 Å². The first-order valence-electron chi connectivity index (χ1n) is 4.38. The fourth-order valence-corrected chi connectivity index (χ4v) is 1.81. The molecule has 1 fully saturated rings. The summed E-state index contributed by atoms with van der Waals surface area (Å²) >= 11 is 0. The number of quaternary nitrogens is 1. The molecule has 2 unspecified atom stereocenters. The lowest BCUT2D eigenvalue weighted by atomic mass is 9.96. The normalized spacial score (nSPS) is 36.0. The molecule has 1 aliphatic rings. The van der Waals surface area contributed by atoms with Gasteiger partial charge in [0.25, 0.3) is 0 Å². The summed E-state index contributed by atoms with van der Waals surface area (Å²) in [6, 6.07) is 1.73. The van der Waals surface area contributed by atoms with E-state index in [2.05, 4.69) is 27.9 Å². The summed E-state index contributed by atoms with van der Waals surface area (Å²) < 4.78 is 1.22. The van der Waals surface area contributed by atoms with Crippen molar-refractivity contribution in [1.29, 1.82) is 0 Å². The Morgan fingerprint density at radius 2 is 1.36 bits per heavy atom. The second kappa shape index (κ2) is 3.55. The van der Waals surface area contributed by atoms with Crippen molar-refractivity contribution in [2.75, 3.05) is 14.1 Å². The number of rotatable bonds is 0. The number of likely N-dealkylation sites (tertiary alicyclic amines) is 1. The summed E-state index contributed by atoms with van der Waals surface area (Å²) in [5.74, 6) is 0. The first-order valence-corrected chi connectivity index (χ1v) is 4.38. The maximum absolute atomic E-state index is 2.37. The Labute approximate surface area is 70.1 Å². The number of piperidine rings is 1. The van der Waals surface area contributed by atoms with Gasteiger partial charge in [-0.2, -0.15) is 0 Å². The van der Waals surface area contributed by atoms with Crippen LogP contribution in [-0.2, 0) is 0 Å². The van der Waals surface area contributed by atoms with Gasteiger partial charge in [0, 0.05) is 0 Å². The number of hydrogen-bond acceptors (Lipinski definition) is 1. The van der Waals surface area contributed by atoms with Crippen LogP contribution in [0.15, 0.2) is 0 Å². The van der Waals surface area contributed by atoms with E-state index in [-0.39, 0.29) is 5.48 Å². The van der Waals surface area contributed by atoms with E-state index in [4.69, 9.17) is 0 Å². The highest BCUT2D eigenvalue weighted by Crippen LogP contribution is 2.26. The van der Waals surface area contributed by atoms with Gasteiger partial charge >= 0.3 is 0 Å². The van der Waals surface area contributed by atoms with Gasteiger partial charge in [0.2, 0.25) is 0 Å². The molecule has 0 aliphatic carbocycles. The van der Waals surface area contributed by atoms with Crippen molar-refractivity contribution in [3.05, 3.63) is 0 Å². The third-order valence-electron chi connectivity index (χ3n) is 3.52. The van der Waals surface area contributed by atoms with Crippen molar-refractivity contribution >= 4 is 0 Å². The van der Waals surface area contributed by atoms with E-state index in [9.17, 15) is 0 Å². The SMILES string of the molecule is CC1CCCC(C)[N+]1(C)C.[OH-]. The van der Waals surface area contributed by atoms with Crippen molar-refractivity contribution in [1.82, 2.24) is 0 Å². The highest BCUT2D eigenvalue weighted by molar-refractivity contribution is 4.64. The zero-order chi connectivity index (χ0) is 7.78. The highest BCUT2D eigenvalue weighted by Gasteiger charge is 2.33. The minimum Gasteiger partial charge on any atom is -0.870 e. The monoisotopic (exact) mass is 159 g/mol. The molecule has 0 aromatic carbocycles. The van der Waals surface area contributed by atoms with Crippen molar-refractivity contribution in [3.63, 3.8) is 0 Å². The fraction of sp³-hybridized carbons (Fsp3) is 1.00. The van der Waals surface area contributed by atoms with E-state index in [1.807, 2.05) is 0 Å². The Balaban J connectivity index is 0.000001000. The first kappa shape index (κ1) is 10.9. The largest absolute Gasteiger partial charge is 0.870 e. The molecule has 0 spiro atoms. The maximum Gasteiger partial charge on any atom is 0.0859 e. The van der Waals surface area contributed by atoms with E-state index in [0.717, 1.165) is 12.1 Å². The molecule has 1 saturated heterocycles. The van der Waals surface area contributed by atoms with E-state index in [1.165, 1.54) is 23.7 Å². The number of hydrogen-bond donors (Lipinski definition) is 0. The molecular weight excluding hydrogens is 138 g/mol. The van der Waals surface area contributed by atoms with Crippen LogP contribution < -0.4 is 0 Å². The molecule has 0 aromatic heterocycles. The smallest absolute Gasteiger partial charge is 0.0859 e. The third kappa shape index (κ3) is 1.94. The summed E-state index contributed by atoms with van der Waals surface area (Å²) in [4.78, 5) is 0. The van der Waals surface area contributed by atoms with Gasteiger partial charge in [-0.1, -0.05) is 0 Å². The molecule has 0 aromatic rings. The molecule has 2 nitrogen and oxygen atoms in total. The molecule has 1 rings (SSSR count). The van der Waals surface area contributed by atoms with Crippen LogP contribution in [0.5, 0.6) is 0 Å². The summed E-state index contributed by atoms with van der Waals surface area (Å²) in [6.45, 7) is 4.74. The average molecular weight is 159 g/mol. The zero-order valence-corrected chi connectivity index (χ0v) is 8.17. The quantitative estimate of drug-likeness (QED) is 0.496. The molecule has 2 atom stereocenters. The van der Waals surface area contributed by atoms with Gasteiger partial charge in [0.15, 0.2) is 0 Å². The second-order valence-electron chi connectivity index (χ2n) is 4.26. The van der Waals surface area contributed by atoms with E-state index >= 15 is 0 Å². The Hall–Kier alpha value is -0.0800. The molecule has 1 heterocycles. The summed E-state index contributed by atoms with van der Waals surface area (Å²) in [5, 5.41) is 0. The molecule has 11 heavy (non-hydrogen) atoms. The second-order valence-corrected chi connectivity index (χ2v) is 4.26. The van der Waals surface area contributed by atoms with Crippen LogP contribution in [0.3, 0.4) is 0 Å². The van der Waals surface area contributed by atoms with E-state index < -0.39 is 0 Å². The molecule has 0 saturated carbocycles. The lowest BCUT2D eigenvalue weighted by molar-refractivity contribution is -0.940. The zero-order valence-electron chi connectivity index (χ0n) is 8.17. The highest BCUT2D eigenvalue weighted by atomic mass is 16.0. The molecule has 0 radical (unpaired) electrons. The molecule has 1 N–H and O–H groups in total. The van der Waals surface area contributed by atoms with Gasteiger partial charge in [-0.25, -0.2) is 0 Å². The molecule has 0 bridgehead atoms. The predicted molar refractivity (Wildman–Crippen MR) is 46.8 cm³/mol. The van der Waals surface area contributed by atoms with E-state index in [0.29, 0.717) is 0 Å². The molecular formula is C9H21NO. The maximum atomic E-state index is 2.37. The van der Waals surface area contributed by atoms with Crippen LogP contribution in [0.25, 0.3) is 0 Å². The van der Waals surface area contributed by atoms with E-state index in [1.54, 1.807) is 0 Å². The topological polar surface area (TPSA) is 30.0 Å². The predicted octanol–water partition coefficient (Wildman–Crippen LogP) is 1.85. The Morgan fingerprint density at radius 3 is 1.64 bits per heavy atom. The molecule has 1 aliphatic heterocycles. The average Bonchev–Trinajstić information content (AvgIpc) is 1.84. The van der Waals surface area contributed by atoms with Crippen LogP contribution in [-0.4, -0.2) is 36.1 Å². The summed E-state index contributed by atoms with van der Waals surface area (Å²) in [5.41, 5.74) is 0. The van der Waals surface area contributed by atoms with Crippen LogP contribution in [0, 0.1) is 0 Å². The van der Waals surface area contributed by atoms with Gasteiger partial charge in [-0.3, -0.25) is 0 Å². The van der Waals surface area contributed by atoms with Crippen LogP contribution in [0.4, 0.5) is 0 Å². The fourth-order valence-electron chi connectivity index (χ4n) is 1.81. The number of nitrogens with zero attached hydrogens (tertiary/aromatic N) is 1. The van der Waals surface area contributed by atoms with Gasteiger partial charge in [0.1, 0.15) is 0 Å². The Morgan fingerprint density at radius 1 is 1.00 bits per heavy atom. The van der Waals surface area contributed by atoms with Crippen molar-refractivity contribution in [2.45, 2.75) is 45.2 Å². The van der Waals surface area contributed by atoms with Crippen LogP contribution >= 0.6 is 0 Å². The van der Waals surface area contributed by atoms with Gasteiger partial charge in [-0.05, 0) is 33.1 Å². The van der Waals surface area contributed by atoms with Crippen LogP contribution in [0.2, 0.25) is 0 Å². The van der Waals surface area contributed by atoms with Crippen molar-refractivity contribution < 1.29 is 9.96 Å².